The summed E-state index contributed by atoms with van der Waals surface area (Å²) in [7, 11) is 1.68. The van der Waals surface area contributed by atoms with Crippen molar-refractivity contribution in [2.24, 2.45) is 5.73 Å². The van der Waals surface area contributed by atoms with E-state index in [1.807, 2.05) is 6.92 Å². The van der Waals surface area contributed by atoms with E-state index in [2.05, 4.69) is 14.3 Å². The molecule has 5 nitrogen and oxygen atoms in total. The molecule has 1 aromatic heterocycles. The zero-order valence-corrected chi connectivity index (χ0v) is 11.1. The lowest BCUT2D eigenvalue weighted by atomic mass is 10.4. The van der Waals surface area contributed by atoms with Gasteiger partial charge in [0.15, 0.2) is 0 Å². The van der Waals surface area contributed by atoms with E-state index >= 15 is 0 Å². The van der Waals surface area contributed by atoms with Crippen LogP contribution < -0.4 is 10.6 Å². The van der Waals surface area contributed by atoms with Gasteiger partial charge in [-0.05, 0) is 6.92 Å². The summed E-state index contributed by atoms with van der Waals surface area (Å²) in [5.74, 6) is 0.790. The Morgan fingerprint density at radius 2 is 2.31 bits per heavy atom. The molecule has 0 aliphatic carbocycles. The van der Waals surface area contributed by atoms with Gasteiger partial charge in [0.25, 0.3) is 0 Å². The van der Waals surface area contributed by atoms with E-state index in [0.29, 0.717) is 18.0 Å². The molecule has 0 aromatic carbocycles. The standard InChI is InChI=1S/C9H16N4OS2/c1-7-11-9(16-12-7)13(5-6-14-2)4-3-8(10)15/h3-6H2,1-2H3,(H2,10,15). The van der Waals surface area contributed by atoms with E-state index in [1.54, 1.807) is 7.11 Å². The van der Waals surface area contributed by atoms with Gasteiger partial charge in [-0.15, -0.1) is 0 Å². The number of anilines is 1. The highest BCUT2D eigenvalue weighted by molar-refractivity contribution is 7.80. The van der Waals surface area contributed by atoms with Gasteiger partial charge in [-0.25, -0.2) is 4.98 Å². The topological polar surface area (TPSA) is 64.3 Å². The molecule has 0 amide bonds. The van der Waals surface area contributed by atoms with Gasteiger partial charge in [0.05, 0.1) is 11.6 Å². The van der Waals surface area contributed by atoms with E-state index in [1.165, 1.54) is 11.5 Å². The Balaban J connectivity index is 2.59. The van der Waals surface area contributed by atoms with Crippen LogP contribution >= 0.6 is 23.8 Å². The fourth-order valence-electron chi connectivity index (χ4n) is 1.16. The highest BCUT2D eigenvalue weighted by Crippen LogP contribution is 2.16. The van der Waals surface area contributed by atoms with E-state index in [-0.39, 0.29) is 0 Å². The molecule has 2 N–H and O–H groups in total. The lowest BCUT2D eigenvalue weighted by Gasteiger charge is -2.20. The molecule has 1 heterocycles. The van der Waals surface area contributed by atoms with Crippen molar-refractivity contribution in [3.05, 3.63) is 5.82 Å². The molecule has 0 bridgehead atoms. The number of aromatic nitrogens is 2. The summed E-state index contributed by atoms with van der Waals surface area (Å²) in [6.45, 7) is 4.05. The predicted molar refractivity (Wildman–Crippen MR) is 70.1 cm³/mol. The number of nitrogens with two attached hydrogens (primary N) is 1. The van der Waals surface area contributed by atoms with Crippen molar-refractivity contribution in [1.82, 2.24) is 9.36 Å². The summed E-state index contributed by atoms with van der Waals surface area (Å²) in [4.78, 5) is 6.94. The average molecular weight is 260 g/mol. The van der Waals surface area contributed by atoms with Gasteiger partial charge < -0.3 is 15.4 Å². The first-order chi connectivity index (χ1) is 7.63. The minimum atomic E-state index is 0.517. The lowest BCUT2D eigenvalue weighted by molar-refractivity contribution is 0.205. The van der Waals surface area contributed by atoms with Crippen molar-refractivity contribution >= 4 is 33.9 Å². The summed E-state index contributed by atoms with van der Waals surface area (Å²) in [6, 6.07) is 0. The monoisotopic (exact) mass is 260 g/mol. The van der Waals surface area contributed by atoms with Crippen molar-refractivity contribution in [3.63, 3.8) is 0 Å². The molecule has 0 unspecified atom stereocenters. The van der Waals surface area contributed by atoms with Crippen molar-refractivity contribution in [2.45, 2.75) is 13.3 Å². The first-order valence-electron chi connectivity index (χ1n) is 4.96. The number of nitrogens with zero attached hydrogens (tertiary/aromatic N) is 3. The second kappa shape index (κ2) is 6.72. The second-order valence-electron chi connectivity index (χ2n) is 3.32. The van der Waals surface area contributed by atoms with Crippen LogP contribution in [0.1, 0.15) is 12.2 Å². The number of aryl methyl sites for hydroxylation is 1. The van der Waals surface area contributed by atoms with Crippen LogP contribution in [0.25, 0.3) is 0 Å². The van der Waals surface area contributed by atoms with Crippen LogP contribution in [0.5, 0.6) is 0 Å². The first-order valence-corrected chi connectivity index (χ1v) is 6.14. The molecule has 7 heteroatoms. The Kier molecular flexibility index (Phi) is 5.58. The molecule has 0 saturated carbocycles. The van der Waals surface area contributed by atoms with E-state index < -0.39 is 0 Å². The largest absolute Gasteiger partial charge is 0.393 e. The van der Waals surface area contributed by atoms with Gasteiger partial charge in [-0.3, -0.25) is 0 Å². The maximum absolute atomic E-state index is 5.49. The predicted octanol–water partition coefficient (Wildman–Crippen LogP) is 0.976. The molecule has 0 atom stereocenters. The minimum absolute atomic E-state index is 0.517. The minimum Gasteiger partial charge on any atom is -0.393 e. The maximum atomic E-state index is 5.49. The van der Waals surface area contributed by atoms with Crippen LogP contribution in [0.4, 0.5) is 5.13 Å². The van der Waals surface area contributed by atoms with Crippen molar-refractivity contribution in [1.29, 1.82) is 0 Å². The van der Waals surface area contributed by atoms with Gasteiger partial charge in [0, 0.05) is 38.2 Å². The fourth-order valence-corrected chi connectivity index (χ4v) is 1.98. The van der Waals surface area contributed by atoms with Gasteiger partial charge in [-0.2, -0.15) is 4.37 Å². The maximum Gasteiger partial charge on any atom is 0.205 e. The zero-order valence-electron chi connectivity index (χ0n) is 9.47. The van der Waals surface area contributed by atoms with E-state index in [9.17, 15) is 0 Å². The summed E-state index contributed by atoms with van der Waals surface area (Å²) < 4.78 is 9.21. The van der Waals surface area contributed by atoms with E-state index in [0.717, 1.165) is 24.0 Å². The Labute approximate surface area is 105 Å². The number of ether oxygens (including phenoxy) is 1. The van der Waals surface area contributed by atoms with E-state index in [4.69, 9.17) is 22.7 Å². The molecule has 0 saturated heterocycles. The third kappa shape index (κ3) is 4.38. The summed E-state index contributed by atoms with van der Waals surface area (Å²) in [6.07, 6.45) is 0.678. The van der Waals surface area contributed by atoms with Crippen molar-refractivity contribution in [2.75, 3.05) is 31.7 Å². The Morgan fingerprint density at radius 3 is 2.81 bits per heavy atom. The molecule has 0 aliphatic heterocycles. The van der Waals surface area contributed by atoms with Crippen molar-refractivity contribution < 1.29 is 4.74 Å². The third-order valence-corrected chi connectivity index (χ3v) is 3.05. The smallest absolute Gasteiger partial charge is 0.205 e. The molecule has 90 valence electrons. The Bertz CT molecular complexity index is 342. The molecule has 0 fully saturated rings. The molecule has 0 spiro atoms. The fraction of sp³-hybridized carbons (Fsp3) is 0.667. The number of hydrogen-bond acceptors (Lipinski definition) is 6. The van der Waals surface area contributed by atoms with Gasteiger partial charge in [0.2, 0.25) is 5.13 Å². The normalized spacial score (nSPS) is 10.4. The highest BCUT2D eigenvalue weighted by Gasteiger charge is 2.11. The zero-order chi connectivity index (χ0) is 12.0. The van der Waals surface area contributed by atoms with Crippen LogP contribution in [0.15, 0.2) is 0 Å². The van der Waals surface area contributed by atoms with Crippen LogP contribution in [-0.2, 0) is 4.74 Å². The van der Waals surface area contributed by atoms with Crippen LogP contribution in [0.3, 0.4) is 0 Å². The number of methoxy groups -OCH3 is 1. The Morgan fingerprint density at radius 1 is 1.56 bits per heavy atom. The third-order valence-electron chi connectivity index (χ3n) is 1.98. The van der Waals surface area contributed by atoms with Gasteiger partial charge in [0.1, 0.15) is 5.82 Å². The molecule has 16 heavy (non-hydrogen) atoms. The number of thiocarbonyl (C=S) groups is 1. The summed E-state index contributed by atoms with van der Waals surface area (Å²) in [5.41, 5.74) is 5.49. The Hall–Kier alpha value is -0.790. The molecular formula is C9H16N4OS2. The van der Waals surface area contributed by atoms with Crippen LogP contribution in [-0.4, -0.2) is 41.2 Å². The number of rotatable bonds is 7. The number of hydrogen-bond donors (Lipinski definition) is 1. The van der Waals surface area contributed by atoms with Crippen molar-refractivity contribution in [3.8, 4) is 0 Å². The van der Waals surface area contributed by atoms with Crippen LogP contribution in [0, 0.1) is 6.92 Å². The second-order valence-corrected chi connectivity index (χ2v) is 4.57. The average Bonchev–Trinajstić information content (AvgIpc) is 2.64. The summed E-state index contributed by atoms with van der Waals surface area (Å²) >= 11 is 6.25. The molecule has 1 rings (SSSR count). The summed E-state index contributed by atoms with van der Waals surface area (Å²) in [5, 5.41) is 0.894. The quantitative estimate of drug-likeness (QED) is 0.737. The van der Waals surface area contributed by atoms with Gasteiger partial charge >= 0.3 is 0 Å². The SMILES string of the molecule is COCCN(CCC(N)=S)c1nc(C)ns1. The molecule has 1 aromatic rings. The molecular weight excluding hydrogens is 244 g/mol. The van der Waals surface area contributed by atoms with Crippen LogP contribution in [0.2, 0.25) is 0 Å². The first kappa shape index (κ1) is 13.3. The molecule has 0 aliphatic rings. The van der Waals surface area contributed by atoms with Gasteiger partial charge in [-0.1, -0.05) is 12.2 Å². The molecule has 0 radical (unpaired) electrons. The lowest BCUT2D eigenvalue weighted by Crippen LogP contribution is -2.30. The highest BCUT2D eigenvalue weighted by atomic mass is 32.1.